The summed E-state index contributed by atoms with van der Waals surface area (Å²) in [7, 11) is 1.37. The predicted molar refractivity (Wildman–Crippen MR) is 138 cm³/mol. The monoisotopic (exact) mass is 520 g/mol. The zero-order chi connectivity index (χ0) is 23.0. The highest BCUT2D eigenvalue weighted by Gasteiger charge is 2.56. The van der Waals surface area contributed by atoms with Crippen molar-refractivity contribution in [2.45, 2.75) is 18.3 Å². The molecule has 2 aliphatic rings. The Kier molecular flexibility index (Phi) is 5.72. The van der Waals surface area contributed by atoms with E-state index in [0.29, 0.717) is 0 Å². The zero-order valence-electron chi connectivity index (χ0n) is 18.1. The minimum absolute atomic E-state index is 0.270. The average molecular weight is 521 g/mol. The molecule has 0 unspecified atom stereocenters. The Morgan fingerprint density at radius 3 is 2.27 bits per heavy atom. The van der Waals surface area contributed by atoms with Crippen LogP contribution < -0.4 is 10.0 Å². The van der Waals surface area contributed by atoms with Crippen LogP contribution in [0, 0.1) is 0 Å². The molecule has 0 saturated carbocycles. The average Bonchev–Trinajstić information content (AvgIpc) is 3.26. The lowest BCUT2D eigenvalue weighted by Gasteiger charge is -2.47. The van der Waals surface area contributed by atoms with Crippen molar-refractivity contribution in [2.75, 3.05) is 17.1 Å². The van der Waals surface area contributed by atoms with E-state index in [1.54, 1.807) is 0 Å². The second-order valence-electron chi connectivity index (χ2n) is 7.49. The quantitative estimate of drug-likeness (QED) is 0.398. The van der Waals surface area contributed by atoms with Gasteiger partial charge in [0, 0.05) is 15.6 Å². The van der Waals surface area contributed by atoms with Crippen LogP contribution in [0.15, 0.2) is 93.5 Å². The van der Waals surface area contributed by atoms with Gasteiger partial charge in [-0.1, -0.05) is 65.3 Å². The van der Waals surface area contributed by atoms with Crippen LogP contribution in [0.5, 0.6) is 0 Å². The number of halogens is 1. The van der Waals surface area contributed by atoms with Crippen molar-refractivity contribution in [3.05, 3.63) is 94.5 Å². The van der Waals surface area contributed by atoms with Crippen LogP contribution in [0.25, 0.3) is 0 Å². The highest BCUT2D eigenvalue weighted by atomic mass is 79.9. The molecule has 166 valence electrons. The Bertz CT molecular complexity index is 1260. The van der Waals surface area contributed by atoms with Crippen LogP contribution in [-0.4, -0.2) is 23.8 Å². The molecule has 33 heavy (non-hydrogen) atoms. The number of hydrogen-bond acceptors (Lipinski definition) is 7. The van der Waals surface area contributed by atoms with Gasteiger partial charge >= 0.3 is 5.97 Å². The molecule has 5 rings (SSSR count). The van der Waals surface area contributed by atoms with E-state index >= 15 is 0 Å². The highest BCUT2D eigenvalue weighted by Crippen LogP contribution is 2.54. The first kappa shape index (κ1) is 21.7. The number of nitrogens with zero attached hydrogens (tertiary/aromatic N) is 4. The Balaban J connectivity index is 1.81. The van der Waals surface area contributed by atoms with Crippen molar-refractivity contribution < 1.29 is 9.53 Å². The third-order valence-corrected chi connectivity index (χ3v) is 7.40. The zero-order valence-corrected chi connectivity index (χ0v) is 20.5. The molecule has 6 nitrogen and oxygen atoms in total. The number of benzene rings is 3. The number of rotatable bonds is 4. The summed E-state index contributed by atoms with van der Waals surface area (Å²) in [6.45, 7) is 2.10. The standard InChI is InChI=1S/C25H21BrN4O2S/c1-3-22-20-11-7-8-12-21(20)25(29(27-22)18-9-5-4-6-10-18)30(19-15-13-17(26)14-16-19)28-23(33-25)24(31)32-2/h4-16H,3H2,1-2H3/t25-/m1/s1. The summed E-state index contributed by atoms with van der Waals surface area (Å²) in [5, 5.41) is 14.0. The molecule has 1 atom stereocenters. The molecule has 0 bridgehead atoms. The van der Waals surface area contributed by atoms with E-state index in [-0.39, 0.29) is 5.04 Å². The molecule has 0 aliphatic carbocycles. The Morgan fingerprint density at radius 2 is 1.58 bits per heavy atom. The molecule has 0 radical (unpaired) electrons. The number of ether oxygens (including phenoxy) is 1. The fourth-order valence-electron chi connectivity index (χ4n) is 4.08. The minimum atomic E-state index is -0.950. The van der Waals surface area contributed by atoms with Crippen molar-refractivity contribution in [2.24, 2.45) is 10.2 Å². The second-order valence-corrected chi connectivity index (χ2v) is 9.56. The topological polar surface area (TPSA) is 57.5 Å². The second kappa shape index (κ2) is 8.68. The summed E-state index contributed by atoms with van der Waals surface area (Å²) in [5.74, 6) is -0.477. The van der Waals surface area contributed by atoms with Gasteiger partial charge in [0.15, 0.2) is 0 Å². The van der Waals surface area contributed by atoms with Crippen LogP contribution >= 0.6 is 27.7 Å². The Morgan fingerprint density at radius 1 is 0.939 bits per heavy atom. The lowest BCUT2D eigenvalue weighted by Crippen LogP contribution is -2.53. The van der Waals surface area contributed by atoms with E-state index < -0.39 is 11.0 Å². The number of methoxy groups -OCH3 is 1. The predicted octanol–water partition coefficient (Wildman–Crippen LogP) is 5.93. The molecule has 3 aromatic rings. The molecule has 2 aliphatic heterocycles. The van der Waals surface area contributed by atoms with E-state index in [9.17, 15) is 4.79 Å². The first-order valence-electron chi connectivity index (χ1n) is 10.5. The van der Waals surface area contributed by atoms with Gasteiger partial charge in [-0.25, -0.2) is 14.8 Å². The highest BCUT2D eigenvalue weighted by molar-refractivity contribution is 9.10. The molecule has 0 fully saturated rings. The van der Waals surface area contributed by atoms with Gasteiger partial charge in [0.05, 0.1) is 24.2 Å². The first-order chi connectivity index (χ1) is 16.1. The summed E-state index contributed by atoms with van der Waals surface area (Å²) in [4.78, 5) is 11.7. The van der Waals surface area contributed by atoms with E-state index in [0.717, 1.165) is 39.1 Å². The van der Waals surface area contributed by atoms with Crippen LogP contribution in [-0.2, 0) is 14.5 Å². The minimum Gasteiger partial charge on any atom is -0.464 e. The molecule has 0 aromatic heterocycles. The molecular weight excluding hydrogens is 500 g/mol. The summed E-state index contributed by atoms with van der Waals surface area (Å²) < 4.78 is 6.02. The molecule has 1 spiro atoms. The maximum absolute atomic E-state index is 12.7. The molecule has 2 heterocycles. The number of fused-ring (bicyclic) bond motifs is 2. The summed E-state index contributed by atoms with van der Waals surface area (Å²) >= 11 is 4.85. The van der Waals surface area contributed by atoms with Gasteiger partial charge < -0.3 is 4.74 Å². The fourth-order valence-corrected chi connectivity index (χ4v) is 5.66. The maximum Gasteiger partial charge on any atom is 0.365 e. The first-order valence-corrected chi connectivity index (χ1v) is 12.1. The fraction of sp³-hybridized carbons (Fsp3) is 0.160. The molecular formula is C25H21BrN4O2S. The number of carbonyl (C=O) groups is 1. The smallest absolute Gasteiger partial charge is 0.365 e. The Labute approximate surface area is 205 Å². The van der Waals surface area contributed by atoms with E-state index in [1.165, 1.54) is 18.9 Å². The van der Waals surface area contributed by atoms with E-state index in [4.69, 9.17) is 14.9 Å². The van der Waals surface area contributed by atoms with Crippen molar-refractivity contribution >= 4 is 55.8 Å². The third kappa shape index (κ3) is 3.54. The van der Waals surface area contributed by atoms with Gasteiger partial charge in [0.2, 0.25) is 10.0 Å². The van der Waals surface area contributed by atoms with Crippen molar-refractivity contribution in [1.29, 1.82) is 0 Å². The molecule has 0 saturated heterocycles. The number of para-hydroxylation sites is 1. The van der Waals surface area contributed by atoms with Crippen molar-refractivity contribution in [3.8, 4) is 0 Å². The number of anilines is 2. The van der Waals surface area contributed by atoms with E-state index in [2.05, 4.69) is 35.0 Å². The number of carbonyl (C=O) groups excluding carboxylic acids is 1. The summed E-state index contributed by atoms with van der Waals surface area (Å²) in [5.41, 5.74) is 4.76. The Hall–Kier alpha value is -3.10. The molecule has 3 aromatic carbocycles. The molecule has 0 amide bonds. The van der Waals surface area contributed by atoms with Gasteiger partial charge in [0.1, 0.15) is 0 Å². The maximum atomic E-state index is 12.7. The molecule has 8 heteroatoms. The van der Waals surface area contributed by atoms with Gasteiger partial charge in [-0.05, 0) is 54.6 Å². The SMILES string of the molecule is CCC1=NN(c2ccccc2)[C@]2(SC(C(=O)OC)=NN2c2ccc(Br)cc2)c2ccccc21. The van der Waals surface area contributed by atoms with Crippen LogP contribution in [0.2, 0.25) is 0 Å². The van der Waals surface area contributed by atoms with Crippen LogP contribution in [0.1, 0.15) is 24.5 Å². The number of hydrazone groups is 2. The van der Waals surface area contributed by atoms with Gasteiger partial charge in [-0.15, -0.1) is 0 Å². The van der Waals surface area contributed by atoms with Gasteiger partial charge in [0.25, 0.3) is 0 Å². The normalized spacial score (nSPS) is 19.2. The van der Waals surface area contributed by atoms with E-state index in [1.807, 2.05) is 76.7 Å². The number of hydrogen-bond donors (Lipinski definition) is 0. The van der Waals surface area contributed by atoms with Crippen LogP contribution in [0.4, 0.5) is 11.4 Å². The number of thioether (sulfide) groups is 1. The lowest BCUT2D eigenvalue weighted by molar-refractivity contribution is -0.132. The number of esters is 1. The lowest BCUT2D eigenvalue weighted by atomic mass is 9.96. The largest absolute Gasteiger partial charge is 0.464 e. The van der Waals surface area contributed by atoms with Gasteiger partial charge in [-0.3, -0.25) is 0 Å². The third-order valence-electron chi connectivity index (χ3n) is 5.58. The van der Waals surface area contributed by atoms with Crippen LogP contribution in [0.3, 0.4) is 0 Å². The van der Waals surface area contributed by atoms with Crippen molar-refractivity contribution in [3.63, 3.8) is 0 Å². The summed E-state index contributed by atoms with van der Waals surface area (Å²) in [6.07, 6.45) is 0.768. The van der Waals surface area contributed by atoms with Gasteiger partial charge in [-0.2, -0.15) is 10.2 Å². The molecule has 0 N–H and O–H groups in total. The van der Waals surface area contributed by atoms with Crippen molar-refractivity contribution in [1.82, 2.24) is 0 Å². The summed E-state index contributed by atoms with van der Waals surface area (Å²) in [6, 6.07) is 26.0.